The first kappa shape index (κ1) is 11.7. The van der Waals surface area contributed by atoms with Gasteiger partial charge >= 0.3 is 0 Å². The van der Waals surface area contributed by atoms with Crippen molar-refractivity contribution in [1.82, 2.24) is 15.1 Å². The predicted octanol–water partition coefficient (Wildman–Crippen LogP) is 0.303. The van der Waals surface area contributed by atoms with E-state index in [1.54, 1.807) is 0 Å². The number of benzene rings is 1. The number of hydrogen-bond acceptors (Lipinski definition) is 3. The summed E-state index contributed by atoms with van der Waals surface area (Å²) in [5.41, 5.74) is 1.28. The molecule has 2 aliphatic heterocycles. The van der Waals surface area contributed by atoms with Crippen LogP contribution in [0, 0.1) is 0 Å². The largest absolute Gasteiger partial charge is 0.335 e. The van der Waals surface area contributed by atoms with E-state index in [0.717, 1.165) is 32.7 Å². The van der Waals surface area contributed by atoms with Crippen molar-refractivity contribution in [3.8, 4) is 0 Å². The highest BCUT2D eigenvalue weighted by molar-refractivity contribution is 5.79. The number of carbonyl (C=O) groups is 1. The first-order valence-corrected chi connectivity index (χ1v) is 6.59. The smallest absolute Gasteiger partial charge is 0.237 e. The summed E-state index contributed by atoms with van der Waals surface area (Å²) >= 11 is 0. The van der Waals surface area contributed by atoms with Crippen molar-refractivity contribution in [2.75, 3.05) is 32.7 Å². The lowest BCUT2D eigenvalue weighted by molar-refractivity contribution is -0.141. The van der Waals surface area contributed by atoms with Crippen molar-refractivity contribution in [3.05, 3.63) is 35.9 Å². The lowest BCUT2D eigenvalue weighted by Gasteiger charge is -2.44. The standard InChI is InChI=1S/C14H19N3O/c18-14-11-16(9-12-4-2-1-3-5-12)10-13-8-15-6-7-17(13)14/h1-5,13,15H,6-11H2. The third-order valence-corrected chi connectivity index (χ3v) is 3.75. The highest BCUT2D eigenvalue weighted by atomic mass is 16.2. The molecule has 0 saturated carbocycles. The van der Waals surface area contributed by atoms with Crippen LogP contribution in [0.4, 0.5) is 0 Å². The van der Waals surface area contributed by atoms with Gasteiger partial charge in [0.15, 0.2) is 0 Å². The normalized spacial score (nSPS) is 25.0. The lowest BCUT2D eigenvalue weighted by atomic mass is 10.1. The van der Waals surface area contributed by atoms with Crippen LogP contribution in [-0.2, 0) is 11.3 Å². The van der Waals surface area contributed by atoms with Gasteiger partial charge in [0.05, 0.1) is 12.6 Å². The Labute approximate surface area is 108 Å². The van der Waals surface area contributed by atoms with Crippen molar-refractivity contribution in [2.45, 2.75) is 12.6 Å². The van der Waals surface area contributed by atoms with E-state index < -0.39 is 0 Å². The second-order valence-electron chi connectivity index (χ2n) is 5.10. The fourth-order valence-electron chi connectivity index (χ4n) is 2.86. The Morgan fingerprint density at radius 2 is 2.11 bits per heavy atom. The Morgan fingerprint density at radius 3 is 2.94 bits per heavy atom. The fourth-order valence-corrected chi connectivity index (χ4v) is 2.86. The van der Waals surface area contributed by atoms with Gasteiger partial charge in [-0.25, -0.2) is 0 Å². The van der Waals surface area contributed by atoms with Gasteiger partial charge in [-0.3, -0.25) is 9.69 Å². The van der Waals surface area contributed by atoms with Crippen LogP contribution in [0.25, 0.3) is 0 Å². The molecule has 0 bridgehead atoms. The number of carbonyl (C=O) groups excluding carboxylic acids is 1. The molecule has 0 aromatic heterocycles. The van der Waals surface area contributed by atoms with Crippen LogP contribution in [0.15, 0.2) is 30.3 Å². The van der Waals surface area contributed by atoms with Crippen LogP contribution in [0.5, 0.6) is 0 Å². The van der Waals surface area contributed by atoms with Crippen LogP contribution in [-0.4, -0.2) is 54.5 Å². The molecule has 2 fully saturated rings. The molecule has 3 rings (SSSR count). The summed E-state index contributed by atoms with van der Waals surface area (Å²) in [6, 6.07) is 10.7. The summed E-state index contributed by atoms with van der Waals surface area (Å²) in [6.45, 7) is 5.14. The van der Waals surface area contributed by atoms with E-state index in [1.165, 1.54) is 5.56 Å². The number of amides is 1. The van der Waals surface area contributed by atoms with Gasteiger partial charge < -0.3 is 10.2 Å². The minimum atomic E-state index is 0.281. The number of hydrogen-bond donors (Lipinski definition) is 1. The molecule has 1 atom stereocenters. The van der Waals surface area contributed by atoms with Crippen molar-refractivity contribution in [3.63, 3.8) is 0 Å². The molecule has 1 aromatic carbocycles. The Morgan fingerprint density at radius 1 is 1.28 bits per heavy atom. The van der Waals surface area contributed by atoms with Gasteiger partial charge in [0.2, 0.25) is 5.91 Å². The second-order valence-corrected chi connectivity index (χ2v) is 5.10. The monoisotopic (exact) mass is 245 g/mol. The number of piperazine rings is 2. The summed E-state index contributed by atoms with van der Waals surface area (Å²) in [5.74, 6) is 0.281. The topological polar surface area (TPSA) is 35.6 Å². The molecule has 2 aliphatic rings. The molecule has 0 aliphatic carbocycles. The van der Waals surface area contributed by atoms with E-state index in [9.17, 15) is 4.79 Å². The van der Waals surface area contributed by atoms with Gasteiger partial charge in [-0.1, -0.05) is 30.3 Å². The molecule has 1 N–H and O–H groups in total. The van der Waals surface area contributed by atoms with E-state index in [-0.39, 0.29) is 5.91 Å². The number of rotatable bonds is 2. The third-order valence-electron chi connectivity index (χ3n) is 3.75. The molecule has 96 valence electrons. The van der Waals surface area contributed by atoms with Gasteiger partial charge in [-0.15, -0.1) is 0 Å². The molecule has 4 heteroatoms. The maximum absolute atomic E-state index is 12.1. The fraction of sp³-hybridized carbons (Fsp3) is 0.500. The zero-order valence-corrected chi connectivity index (χ0v) is 10.5. The van der Waals surface area contributed by atoms with Gasteiger partial charge in [0, 0.05) is 32.7 Å². The van der Waals surface area contributed by atoms with Crippen molar-refractivity contribution in [2.24, 2.45) is 0 Å². The van der Waals surface area contributed by atoms with Crippen LogP contribution < -0.4 is 5.32 Å². The zero-order chi connectivity index (χ0) is 12.4. The minimum Gasteiger partial charge on any atom is -0.335 e. The van der Waals surface area contributed by atoms with Gasteiger partial charge in [-0.05, 0) is 5.56 Å². The number of nitrogens with one attached hydrogen (secondary N) is 1. The number of nitrogens with zero attached hydrogens (tertiary/aromatic N) is 2. The average Bonchev–Trinajstić information content (AvgIpc) is 2.40. The van der Waals surface area contributed by atoms with Crippen LogP contribution in [0.3, 0.4) is 0 Å². The molecular formula is C14H19N3O. The van der Waals surface area contributed by atoms with Gasteiger partial charge in [0.1, 0.15) is 0 Å². The molecule has 2 heterocycles. The first-order chi connectivity index (χ1) is 8.83. The lowest BCUT2D eigenvalue weighted by Crippen LogP contribution is -2.63. The van der Waals surface area contributed by atoms with Crippen molar-refractivity contribution in [1.29, 1.82) is 0 Å². The zero-order valence-electron chi connectivity index (χ0n) is 10.5. The summed E-state index contributed by atoms with van der Waals surface area (Å²) < 4.78 is 0. The predicted molar refractivity (Wildman–Crippen MR) is 70.1 cm³/mol. The number of fused-ring (bicyclic) bond motifs is 1. The minimum absolute atomic E-state index is 0.281. The maximum Gasteiger partial charge on any atom is 0.237 e. The Kier molecular flexibility index (Phi) is 3.30. The van der Waals surface area contributed by atoms with Crippen molar-refractivity contribution >= 4 is 5.91 Å². The van der Waals surface area contributed by atoms with Gasteiger partial charge in [0.25, 0.3) is 0 Å². The van der Waals surface area contributed by atoms with E-state index in [4.69, 9.17) is 0 Å². The highest BCUT2D eigenvalue weighted by Crippen LogP contribution is 2.15. The SMILES string of the molecule is O=C1CN(Cc2ccccc2)CC2CNCCN12. The van der Waals surface area contributed by atoms with Crippen molar-refractivity contribution < 1.29 is 4.79 Å². The maximum atomic E-state index is 12.1. The summed E-state index contributed by atoms with van der Waals surface area (Å²) in [7, 11) is 0. The Balaban J connectivity index is 1.66. The summed E-state index contributed by atoms with van der Waals surface area (Å²) in [4.78, 5) is 16.4. The van der Waals surface area contributed by atoms with E-state index >= 15 is 0 Å². The van der Waals surface area contributed by atoms with Crippen LogP contribution >= 0.6 is 0 Å². The van der Waals surface area contributed by atoms with E-state index in [2.05, 4.69) is 34.5 Å². The molecule has 2 saturated heterocycles. The average molecular weight is 245 g/mol. The molecule has 1 unspecified atom stereocenters. The van der Waals surface area contributed by atoms with Crippen LogP contribution in [0.1, 0.15) is 5.56 Å². The Bertz CT molecular complexity index is 420. The van der Waals surface area contributed by atoms with Gasteiger partial charge in [-0.2, -0.15) is 0 Å². The molecule has 18 heavy (non-hydrogen) atoms. The molecule has 1 amide bonds. The second kappa shape index (κ2) is 5.08. The third kappa shape index (κ3) is 2.40. The molecule has 4 nitrogen and oxygen atoms in total. The summed E-state index contributed by atoms with van der Waals surface area (Å²) in [5, 5.41) is 3.37. The van der Waals surface area contributed by atoms with E-state index in [0.29, 0.717) is 12.6 Å². The Hall–Kier alpha value is -1.39. The van der Waals surface area contributed by atoms with E-state index in [1.807, 2.05) is 11.0 Å². The molecular weight excluding hydrogens is 226 g/mol. The van der Waals surface area contributed by atoms with Crippen LogP contribution in [0.2, 0.25) is 0 Å². The molecule has 1 aromatic rings. The highest BCUT2D eigenvalue weighted by Gasteiger charge is 2.33. The quantitative estimate of drug-likeness (QED) is 0.814. The molecule has 0 spiro atoms. The molecule has 0 radical (unpaired) electrons. The summed E-state index contributed by atoms with van der Waals surface area (Å²) in [6.07, 6.45) is 0. The first-order valence-electron chi connectivity index (χ1n) is 6.59.